The van der Waals surface area contributed by atoms with E-state index in [2.05, 4.69) is 15.0 Å². The Morgan fingerprint density at radius 2 is 1.81 bits per heavy atom. The minimum absolute atomic E-state index is 0.0859. The lowest BCUT2D eigenvalue weighted by atomic mass is 10.2. The van der Waals surface area contributed by atoms with Crippen LogP contribution in [0.1, 0.15) is 11.1 Å². The number of hydrogen-bond donors (Lipinski definition) is 2. The zero-order valence-corrected chi connectivity index (χ0v) is 12.3. The number of hydrogen-bond acceptors (Lipinski definition) is 4. The van der Waals surface area contributed by atoms with E-state index in [1.807, 2.05) is 0 Å². The van der Waals surface area contributed by atoms with Crippen molar-refractivity contribution in [3.05, 3.63) is 59.7 Å². The zero-order chi connectivity index (χ0) is 15.3. The van der Waals surface area contributed by atoms with Crippen molar-refractivity contribution in [3.8, 4) is 0 Å². The largest absolute Gasteiger partial charge is 0.316 e. The Kier molecular flexibility index (Phi) is 5.00. The molecular weight excluding hydrogens is 293 g/mol. The van der Waals surface area contributed by atoms with E-state index < -0.39 is 15.8 Å². The van der Waals surface area contributed by atoms with E-state index in [1.54, 1.807) is 37.6 Å². The summed E-state index contributed by atoms with van der Waals surface area (Å²) in [7, 11) is -2.15. The van der Waals surface area contributed by atoms with Crippen LogP contribution >= 0.6 is 0 Å². The second-order valence-corrected chi connectivity index (χ2v) is 6.21. The van der Waals surface area contributed by atoms with Gasteiger partial charge in [-0.1, -0.05) is 6.07 Å². The van der Waals surface area contributed by atoms with Crippen molar-refractivity contribution in [2.75, 3.05) is 7.05 Å². The zero-order valence-electron chi connectivity index (χ0n) is 11.5. The minimum Gasteiger partial charge on any atom is -0.316 e. The normalized spacial score (nSPS) is 11.5. The van der Waals surface area contributed by atoms with E-state index in [4.69, 9.17) is 0 Å². The number of benzene rings is 1. The topological polar surface area (TPSA) is 71.1 Å². The van der Waals surface area contributed by atoms with Gasteiger partial charge in [0.15, 0.2) is 0 Å². The lowest BCUT2D eigenvalue weighted by Gasteiger charge is -2.09. The predicted octanol–water partition coefficient (Wildman–Crippen LogP) is 1.42. The summed E-state index contributed by atoms with van der Waals surface area (Å²) < 4.78 is 40.5. The SMILES string of the molecule is CNCc1ccc(S(=O)(=O)NCc2ccncc2)c(F)c1. The van der Waals surface area contributed by atoms with Crippen LogP contribution in [-0.4, -0.2) is 20.4 Å². The standard InChI is InChI=1S/C14H16FN3O2S/c1-16-9-12-2-3-14(13(15)8-12)21(19,20)18-10-11-4-6-17-7-5-11/h2-8,16,18H,9-10H2,1H3. The molecular formula is C14H16FN3O2S. The van der Waals surface area contributed by atoms with Crippen LogP contribution in [0.3, 0.4) is 0 Å². The lowest BCUT2D eigenvalue weighted by Crippen LogP contribution is -2.24. The van der Waals surface area contributed by atoms with Gasteiger partial charge in [0.25, 0.3) is 0 Å². The highest BCUT2D eigenvalue weighted by Gasteiger charge is 2.18. The molecule has 0 unspecified atom stereocenters. The minimum atomic E-state index is -3.89. The van der Waals surface area contributed by atoms with Crippen molar-refractivity contribution >= 4 is 10.0 Å². The molecule has 0 aliphatic heterocycles. The van der Waals surface area contributed by atoms with E-state index >= 15 is 0 Å². The second-order valence-electron chi connectivity index (χ2n) is 4.48. The lowest BCUT2D eigenvalue weighted by molar-refractivity contribution is 0.555. The summed E-state index contributed by atoms with van der Waals surface area (Å²) in [5.74, 6) is -0.759. The maximum Gasteiger partial charge on any atom is 0.243 e. The van der Waals surface area contributed by atoms with Crippen LogP contribution < -0.4 is 10.0 Å². The Labute approximate surface area is 123 Å². The summed E-state index contributed by atoms with van der Waals surface area (Å²) in [4.78, 5) is 3.50. The van der Waals surface area contributed by atoms with Crippen LogP contribution in [0.2, 0.25) is 0 Å². The molecule has 0 fully saturated rings. The number of halogens is 1. The van der Waals surface area contributed by atoms with Crippen LogP contribution in [0.5, 0.6) is 0 Å². The summed E-state index contributed by atoms with van der Waals surface area (Å²) in [5.41, 5.74) is 1.43. The first kappa shape index (κ1) is 15.6. The van der Waals surface area contributed by atoms with Crippen molar-refractivity contribution < 1.29 is 12.8 Å². The number of aromatic nitrogens is 1. The number of nitrogens with zero attached hydrogens (tertiary/aromatic N) is 1. The molecule has 0 bridgehead atoms. The van der Waals surface area contributed by atoms with Crippen molar-refractivity contribution in [2.24, 2.45) is 0 Å². The molecule has 112 valence electrons. The molecule has 5 nitrogen and oxygen atoms in total. The van der Waals surface area contributed by atoms with E-state index in [9.17, 15) is 12.8 Å². The third-order valence-electron chi connectivity index (χ3n) is 2.88. The average Bonchev–Trinajstić information content (AvgIpc) is 2.46. The van der Waals surface area contributed by atoms with Crippen LogP contribution in [-0.2, 0) is 23.1 Å². The maximum atomic E-state index is 13.9. The van der Waals surface area contributed by atoms with Crippen LogP contribution in [0, 0.1) is 5.82 Å². The highest BCUT2D eigenvalue weighted by molar-refractivity contribution is 7.89. The highest BCUT2D eigenvalue weighted by Crippen LogP contribution is 2.16. The number of rotatable bonds is 6. The van der Waals surface area contributed by atoms with Crippen molar-refractivity contribution in [2.45, 2.75) is 18.0 Å². The number of sulfonamides is 1. The molecule has 7 heteroatoms. The van der Waals surface area contributed by atoms with Gasteiger partial charge >= 0.3 is 0 Å². The molecule has 21 heavy (non-hydrogen) atoms. The van der Waals surface area contributed by atoms with Gasteiger partial charge in [-0.15, -0.1) is 0 Å². The van der Waals surface area contributed by atoms with E-state index in [-0.39, 0.29) is 11.4 Å². The summed E-state index contributed by atoms with van der Waals surface area (Å²) in [6, 6.07) is 7.46. The van der Waals surface area contributed by atoms with Crippen LogP contribution in [0.25, 0.3) is 0 Å². The number of pyridine rings is 1. The molecule has 0 aliphatic carbocycles. The second kappa shape index (κ2) is 6.75. The van der Waals surface area contributed by atoms with Gasteiger partial charge in [0.05, 0.1) is 0 Å². The van der Waals surface area contributed by atoms with Crippen molar-refractivity contribution in [1.29, 1.82) is 0 Å². The Morgan fingerprint density at radius 3 is 2.43 bits per heavy atom. The first-order chi connectivity index (χ1) is 10.0. The molecule has 0 atom stereocenters. The average molecular weight is 309 g/mol. The third-order valence-corrected chi connectivity index (χ3v) is 4.32. The fourth-order valence-electron chi connectivity index (χ4n) is 1.83. The fraction of sp³-hybridized carbons (Fsp3) is 0.214. The molecule has 1 aromatic carbocycles. The first-order valence-electron chi connectivity index (χ1n) is 6.34. The van der Waals surface area contributed by atoms with Gasteiger partial charge in [0, 0.05) is 25.5 Å². The quantitative estimate of drug-likeness (QED) is 0.846. The van der Waals surface area contributed by atoms with Gasteiger partial charge in [-0.2, -0.15) is 0 Å². The molecule has 1 aromatic heterocycles. The molecule has 0 spiro atoms. The van der Waals surface area contributed by atoms with Crippen LogP contribution in [0.4, 0.5) is 4.39 Å². The summed E-state index contributed by atoms with van der Waals surface area (Å²) in [6.07, 6.45) is 3.13. The molecule has 0 amide bonds. The van der Waals surface area contributed by atoms with Gasteiger partial charge in [-0.05, 0) is 42.4 Å². The molecule has 0 saturated heterocycles. The Morgan fingerprint density at radius 1 is 1.10 bits per heavy atom. The molecule has 1 heterocycles. The van der Waals surface area contributed by atoms with Gasteiger partial charge in [-0.3, -0.25) is 4.98 Å². The van der Waals surface area contributed by atoms with Gasteiger partial charge in [0.1, 0.15) is 10.7 Å². The Balaban J connectivity index is 2.16. The van der Waals surface area contributed by atoms with Crippen molar-refractivity contribution in [3.63, 3.8) is 0 Å². The van der Waals surface area contributed by atoms with Crippen molar-refractivity contribution in [1.82, 2.24) is 15.0 Å². The molecule has 0 aliphatic rings. The van der Waals surface area contributed by atoms with Gasteiger partial charge in [-0.25, -0.2) is 17.5 Å². The smallest absolute Gasteiger partial charge is 0.243 e. The monoisotopic (exact) mass is 309 g/mol. The summed E-state index contributed by atoms with van der Waals surface area (Å²) in [6.45, 7) is 0.560. The maximum absolute atomic E-state index is 13.9. The summed E-state index contributed by atoms with van der Waals surface area (Å²) >= 11 is 0. The summed E-state index contributed by atoms with van der Waals surface area (Å²) in [5, 5.41) is 2.88. The van der Waals surface area contributed by atoms with Gasteiger partial charge in [0.2, 0.25) is 10.0 Å². The Bertz CT molecular complexity index is 705. The number of nitrogens with one attached hydrogen (secondary N) is 2. The molecule has 2 aromatic rings. The highest BCUT2D eigenvalue weighted by atomic mass is 32.2. The first-order valence-corrected chi connectivity index (χ1v) is 7.83. The van der Waals surface area contributed by atoms with E-state index in [0.29, 0.717) is 12.1 Å². The third kappa shape index (κ3) is 4.07. The molecule has 2 rings (SSSR count). The van der Waals surface area contributed by atoms with E-state index in [1.165, 1.54) is 12.1 Å². The predicted molar refractivity (Wildman–Crippen MR) is 77.4 cm³/mol. The van der Waals surface area contributed by atoms with Gasteiger partial charge < -0.3 is 5.32 Å². The molecule has 2 N–H and O–H groups in total. The van der Waals surface area contributed by atoms with Crippen LogP contribution in [0.15, 0.2) is 47.6 Å². The fourth-order valence-corrected chi connectivity index (χ4v) is 2.91. The molecule has 0 saturated carbocycles. The van der Waals surface area contributed by atoms with E-state index in [0.717, 1.165) is 5.56 Å². The Hall–Kier alpha value is -1.83. The molecule has 0 radical (unpaired) electrons.